The molecule has 1 unspecified atom stereocenters. The van der Waals surface area contributed by atoms with Crippen LogP contribution in [0.1, 0.15) is 31.7 Å². The summed E-state index contributed by atoms with van der Waals surface area (Å²) in [6.07, 6.45) is -0.129. The fourth-order valence-corrected chi connectivity index (χ4v) is 6.94. The molecule has 4 aromatic heterocycles. The second kappa shape index (κ2) is 10.0. The molecule has 0 aromatic carbocycles. The number of phosphoric ester groups is 1. The Balaban J connectivity index is 1.17. The number of rotatable bonds is 2. The number of ether oxygens (including phenoxy) is 2. The molecule has 4 aromatic rings. The molecule has 0 amide bonds. The molecule has 42 heavy (non-hydrogen) atoms. The smallest absolute Gasteiger partial charge is 0.388 e. The van der Waals surface area contributed by atoms with Crippen LogP contribution in [0.5, 0.6) is 0 Å². The molecule has 2 bridgehead atoms. The summed E-state index contributed by atoms with van der Waals surface area (Å²) in [4.78, 5) is 46.0. The van der Waals surface area contributed by atoms with Crippen molar-refractivity contribution in [3.63, 3.8) is 0 Å². The van der Waals surface area contributed by atoms with Gasteiger partial charge in [-0.1, -0.05) is 6.42 Å². The van der Waals surface area contributed by atoms with Gasteiger partial charge in [0.25, 0.3) is 5.56 Å². The second-order valence-corrected chi connectivity index (χ2v) is 11.9. The summed E-state index contributed by atoms with van der Waals surface area (Å²) < 4.78 is 39.5. The molecule has 0 aliphatic carbocycles. The molecule has 7 rings (SSSR count). The van der Waals surface area contributed by atoms with Gasteiger partial charge in [0.15, 0.2) is 35.1 Å². The Labute approximate surface area is 235 Å². The highest BCUT2D eigenvalue weighted by atomic mass is 31.2. The molecular weight excluding hydrogens is 577 g/mol. The Morgan fingerprint density at radius 2 is 1.74 bits per heavy atom. The van der Waals surface area contributed by atoms with Crippen LogP contribution in [0.25, 0.3) is 22.3 Å². The zero-order chi connectivity index (χ0) is 29.3. The average molecular weight is 606 g/mol. The Morgan fingerprint density at radius 3 is 2.55 bits per heavy atom. The number of nitrogens with two attached hydrogens (primary N) is 3. The van der Waals surface area contributed by atoms with Crippen LogP contribution in [-0.2, 0) is 23.1 Å². The lowest BCUT2D eigenvalue weighted by Crippen LogP contribution is -2.41. The van der Waals surface area contributed by atoms with Gasteiger partial charge in [-0.2, -0.15) is 4.98 Å². The van der Waals surface area contributed by atoms with E-state index in [2.05, 4.69) is 29.9 Å². The molecular formula is C22H28N11O8P. The quantitative estimate of drug-likeness (QED) is 0.148. The third-order valence-electron chi connectivity index (χ3n) is 8.00. The first kappa shape index (κ1) is 27.3. The lowest BCUT2D eigenvalue weighted by Gasteiger charge is -2.26. The molecule has 19 nitrogen and oxygen atoms in total. The second-order valence-electron chi connectivity index (χ2n) is 10.5. The minimum absolute atomic E-state index is 0.00162. The van der Waals surface area contributed by atoms with E-state index in [1.54, 1.807) is 4.57 Å². The van der Waals surface area contributed by atoms with E-state index in [-0.39, 0.29) is 29.5 Å². The largest absolute Gasteiger partial charge is 0.472 e. The number of aromatic nitrogens is 8. The maximum absolute atomic E-state index is 13.2. The molecule has 3 fully saturated rings. The van der Waals surface area contributed by atoms with E-state index in [1.165, 1.54) is 23.5 Å². The van der Waals surface area contributed by atoms with Crippen molar-refractivity contribution in [3.05, 3.63) is 29.3 Å². The molecule has 20 heteroatoms. The van der Waals surface area contributed by atoms with Crippen LogP contribution in [0.2, 0.25) is 0 Å². The van der Waals surface area contributed by atoms with Crippen LogP contribution < -0.4 is 22.8 Å². The molecule has 0 saturated carbocycles. The van der Waals surface area contributed by atoms with Gasteiger partial charge in [-0.3, -0.25) is 28.0 Å². The minimum atomic E-state index is -4.76. The first-order chi connectivity index (χ1) is 20.1. The number of H-pyrrole nitrogens is 1. The highest BCUT2D eigenvalue weighted by molar-refractivity contribution is 7.47. The third kappa shape index (κ3) is 4.45. The van der Waals surface area contributed by atoms with Crippen molar-refractivity contribution in [2.45, 2.75) is 62.2 Å². The Bertz CT molecular complexity index is 1760. The van der Waals surface area contributed by atoms with Crippen molar-refractivity contribution >= 4 is 41.9 Å². The molecule has 9 atom stereocenters. The first-order valence-corrected chi connectivity index (χ1v) is 14.7. The van der Waals surface area contributed by atoms with Crippen molar-refractivity contribution in [2.24, 2.45) is 11.7 Å². The summed E-state index contributed by atoms with van der Waals surface area (Å²) in [6, 6.07) is -0.856. The van der Waals surface area contributed by atoms with Crippen molar-refractivity contribution in [1.82, 2.24) is 39.0 Å². The highest BCUT2D eigenvalue weighted by Crippen LogP contribution is 2.51. The number of anilines is 2. The number of nitrogens with zero attached hydrogens (tertiary/aromatic N) is 7. The van der Waals surface area contributed by atoms with Gasteiger partial charge >= 0.3 is 7.82 Å². The van der Waals surface area contributed by atoms with Gasteiger partial charge in [-0.25, -0.2) is 24.5 Å². The maximum atomic E-state index is 13.2. The van der Waals surface area contributed by atoms with Gasteiger partial charge < -0.3 is 36.7 Å². The fraction of sp³-hybridized carbons (Fsp3) is 0.545. The molecule has 0 spiro atoms. The minimum Gasteiger partial charge on any atom is -0.388 e. The van der Waals surface area contributed by atoms with Crippen LogP contribution >= 0.6 is 7.82 Å². The number of hydrogen-bond donors (Lipinski definition) is 6. The maximum Gasteiger partial charge on any atom is 0.472 e. The molecule has 3 aliphatic rings. The number of phosphoric acid groups is 1. The summed E-state index contributed by atoms with van der Waals surface area (Å²) >= 11 is 0. The standard InChI is InChI=1S/C22H28N11O8P/c23-11-9-3-1-2-8-10(40-20(14(8)34)32-6-28-12-16(24)26-5-27-17(12)32)4-38-42(36,37)41-15(11)21(39-9)33-7-29-13-18(33)30-22(25)31-19(13)35/h5-11,14-15,20-21,34H,1-4,23H2,(H,36,37)(H2,24,26,27)(H3,25,30,31,35)/t8-,9-,10-,11-,14-,15-,20-,21-/m1/s1. The van der Waals surface area contributed by atoms with Crippen LogP contribution in [0.3, 0.4) is 0 Å². The van der Waals surface area contributed by atoms with Crippen molar-refractivity contribution in [2.75, 3.05) is 18.1 Å². The van der Waals surface area contributed by atoms with E-state index in [9.17, 15) is 19.4 Å². The number of nitrogens with one attached hydrogen (secondary N) is 1. The molecule has 224 valence electrons. The number of hydrogen-bond acceptors (Lipinski definition) is 15. The lowest BCUT2D eigenvalue weighted by molar-refractivity contribution is -0.0558. The van der Waals surface area contributed by atoms with E-state index < -0.39 is 62.2 Å². The SMILES string of the molecule is Nc1nc2c(ncn2[C@@H]2O[C@@H]3CCC[C@H]4[C@@H](O)[C@H](n5cnc6c(N)ncnc65)O[C@@H]4COP(=O)(O)O[C@@H]2[C@@H]3N)c(=O)[nH]1. The summed E-state index contributed by atoms with van der Waals surface area (Å²) in [6.45, 7) is -0.367. The van der Waals surface area contributed by atoms with Gasteiger partial charge in [0.05, 0.1) is 37.5 Å². The van der Waals surface area contributed by atoms with Gasteiger partial charge in [-0.05, 0) is 12.8 Å². The number of imidazole rings is 2. The molecule has 3 saturated heterocycles. The predicted molar refractivity (Wildman–Crippen MR) is 142 cm³/mol. The number of fused-ring (bicyclic) bond motifs is 5. The topological polar surface area (TPSA) is 280 Å². The lowest BCUT2D eigenvalue weighted by atomic mass is 9.91. The Kier molecular flexibility index (Phi) is 6.51. The third-order valence-corrected chi connectivity index (χ3v) is 8.98. The highest BCUT2D eigenvalue weighted by Gasteiger charge is 2.51. The summed E-state index contributed by atoms with van der Waals surface area (Å²) in [5.74, 6) is -0.457. The summed E-state index contributed by atoms with van der Waals surface area (Å²) in [5, 5.41) is 11.3. The van der Waals surface area contributed by atoms with Crippen molar-refractivity contribution in [3.8, 4) is 0 Å². The van der Waals surface area contributed by atoms with E-state index in [0.717, 1.165) is 0 Å². The molecule has 7 heterocycles. The number of aromatic amines is 1. The monoisotopic (exact) mass is 605 g/mol. The zero-order valence-corrected chi connectivity index (χ0v) is 22.7. The normalized spacial score (nSPS) is 35.7. The molecule has 3 aliphatic heterocycles. The van der Waals surface area contributed by atoms with E-state index in [1.807, 2.05) is 0 Å². The van der Waals surface area contributed by atoms with Gasteiger partial charge in [0, 0.05) is 5.92 Å². The van der Waals surface area contributed by atoms with Crippen LogP contribution in [0.15, 0.2) is 23.8 Å². The van der Waals surface area contributed by atoms with E-state index >= 15 is 0 Å². The Hall–Kier alpha value is -3.55. The van der Waals surface area contributed by atoms with Crippen molar-refractivity contribution in [1.29, 1.82) is 0 Å². The number of aliphatic hydroxyl groups excluding tert-OH is 1. The van der Waals surface area contributed by atoms with Crippen molar-refractivity contribution < 1.29 is 33.1 Å². The Morgan fingerprint density at radius 1 is 1.00 bits per heavy atom. The van der Waals surface area contributed by atoms with Gasteiger partial charge in [0.2, 0.25) is 5.95 Å². The van der Waals surface area contributed by atoms with Crippen LogP contribution in [-0.4, -0.2) is 86.1 Å². The average Bonchev–Trinajstić information content (AvgIpc) is 3.69. The van der Waals surface area contributed by atoms with Crippen LogP contribution in [0.4, 0.5) is 11.8 Å². The first-order valence-electron chi connectivity index (χ1n) is 13.2. The van der Waals surface area contributed by atoms with Gasteiger partial charge in [0.1, 0.15) is 24.1 Å². The van der Waals surface area contributed by atoms with E-state index in [0.29, 0.717) is 30.4 Å². The predicted octanol–water partition coefficient (Wildman–Crippen LogP) is -1.09. The summed E-state index contributed by atoms with van der Waals surface area (Å²) in [7, 11) is -4.76. The molecule has 0 radical (unpaired) electrons. The number of nitrogen functional groups attached to an aromatic ring is 2. The van der Waals surface area contributed by atoms with Crippen LogP contribution in [0, 0.1) is 5.92 Å². The summed E-state index contributed by atoms with van der Waals surface area (Å²) in [5.41, 5.74) is 18.4. The van der Waals surface area contributed by atoms with Gasteiger partial charge in [-0.15, -0.1) is 0 Å². The van der Waals surface area contributed by atoms with E-state index in [4.69, 9.17) is 35.7 Å². The fourth-order valence-electron chi connectivity index (χ4n) is 5.99. The zero-order valence-electron chi connectivity index (χ0n) is 21.8. The number of aliphatic hydroxyl groups is 1. The molecule has 9 N–H and O–H groups in total.